The van der Waals surface area contributed by atoms with Crippen LogP contribution in [0.1, 0.15) is 89.2 Å². The molecule has 194 valence electrons. The van der Waals surface area contributed by atoms with Crippen LogP contribution < -0.4 is 0 Å². The van der Waals surface area contributed by atoms with Crippen LogP contribution in [0.15, 0.2) is 57.2 Å². The summed E-state index contributed by atoms with van der Waals surface area (Å²) in [6.45, 7) is 8.13. The van der Waals surface area contributed by atoms with Crippen molar-refractivity contribution in [3.63, 3.8) is 0 Å². The Morgan fingerprint density at radius 1 is 0.778 bits per heavy atom. The van der Waals surface area contributed by atoms with Gasteiger partial charge >= 0.3 is 0 Å². The van der Waals surface area contributed by atoms with Gasteiger partial charge in [-0.25, -0.2) is 0 Å². The molecule has 36 heavy (non-hydrogen) atoms. The normalized spacial score (nSPS) is 21.8. The maximum Gasteiger partial charge on any atom is 0.168 e. The predicted octanol–water partition coefficient (Wildman–Crippen LogP) is 5.81. The van der Waals surface area contributed by atoms with E-state index < -0.39 is 0 Å². The van der Waals surface area contributed by atoms with Gasteiger partial charge < -0.3 is 19.9 Å². The topological polar surface area (TPSA) is 118 Å². The first kappa shape index (κ1) is 27.2. The SMILES string of the molecule is CCO/N=C(\CC)C1=C(O)CC(c2cccc(C3CC(=O)C(/C(CC)=N/OCC)=C(O)C3)c2)CC1=O. The first-order valence-corrected chi connectivity index (χ1v) is 12.7. The number of nitrogens with zero attached hydrogens (tertiary/aromatic N) is 2. The van der Waals surface area contributed by atoms with Crippen molar-refractivity contribution in [2.45, 2.75) is 78.1 Å². The zero-order valence-corrected chi connectivity index (χ0v) is 21.5. The number of Topliss-reactive ketones (excluding diaryl/α,β-unsaturated/α-hetero) is 2. The van der Waals surface area contributed by atoms with Gasteiger partial charge in [0.2, 0.25) is 0 Å². The summed E-state index contributed by atoms with van der Waals surface area (Å²) < 4.78 is 0. The van der Waals surface area contributed by atoms with E-state index in [-0.39, 0.29) is 58.9 Å². The van der Waals surface area contributed by atoms with Crippen LogP contribution in [0.4, 0.5) is 0 Å². The Morgan fingerprint density at radius 3 is 1.53 bits per heavy atom. The molecule has 1 aromatic carbocycles. The summed E-state index contributed by atoms with van der Waals surface area (Å²) in [7, 11) is 0. The monoisotopic (exact) mass is 496 g/mol. The Morgan fingerprint density at radius 2 is 1.19 bits per heavy atom. The van der Waals surface area contributed by atoms with Gasteiger partial charge in [-0.05, 0) is 49.7 Å². The second-order valence-electron chi connectivity index (χ2n) is 8.99. The molecular formula is C28H36N2O6. The lowest BCUT2D eigenvalue weighted by molar-refractivity contribution is -0.117. The van der Waals surface area contributed by atoms with Crippen LogP contribution in [0.25, 0.3) is 0 Å². The number of oxime groups is 2. The summed E-state index contributed by atoms with van der Waals surface area (Å²) in [6.07, 6.45) is 2.11. The fraction of sp³-hybridized carbons (Fsp3) is 0.500. The summed E-state index contributed by atoms with van der Waals surface area (Å²) in [6, 6.07) is 7.75. The Balaban J connectivity index is 1.84. The molecule has 0 heterocycles. The van der Waals surface area contributed by atoms with E-state index in [2.05, 4.69) is 10.3 Å². The predicted molar refractivity (Wildman–Crippen MR) is 138 cm³/mol. The molecule has 0 saturated heterocycles. The minimum absolute atomic E-state index is 0.0284. The molecule has 0 fully saturated rings. The fourth-order valence-corrected chi connectivity index (χ4v) is 4.84. The second-order valence-corrected chi connectivity index (χ2v) is 8.99. The van der Waals surface area contributed by atoms with Crippen molar-refractivity contribution in [1.29, 1.82) is 0 Å². The minimum atomic E-state index is -0.185. The van der Waals surface area contributed by atoms with Crippen molar-refractivity contribution in [1.82, 2.24) is 0 Å². The zero-order chi connectivity index (χ0) is 26.2. The van der Waals surface area contributed by atoms with Crippen LogP contribution in [0.2, 0.25) is 0 Å². The lowest BCUT2D eigenvalue weighted by Gasteiger charge is -2.27. The van der Waals surface area contributed by atoms with E-state index in [1.54, 1.807) is 0 Å². The Bertz CT molecular complexity index is 1030. The molecule has 2 aliphatic carbocycles. The fourth-order valence-electron chi connectivity index (χ4n) is 4.84. The standard InChI is InChI=1S/C28H36N2O6/c1-5-21(29-35-7-3)27-23(31)13-19(14-24(27)32)17-10-9-11-18(12-17)20-15-25(33)28(26(34)16-20)22(6-2)30-36-8-4/h9-12,19-20,31,33H,5-8,13-16H2,1-4H3/b29-21+,30-22+. The molecule has 2 N–H and O–H groups in total. The summed E-state index contributed by atoms with van der Waals surface area (Å²) >= 11 is 0. The minimum Gasteiger partial charge on any atom is -0.511 e. The molecule has 2 atom stereocenters. The Labute approximate surface area is 212 Å². The highest BCUT2D eigenvalue weighted by molar-refractivity contribution is 6.23. The smallest absolute Gasteiger partial charge is 0.168 e. The highest BCUT2D eigenvalue weighted by Crippen LogP contribution is 2.38. The molecule has 0 bridgehead atoms. The number of aliphatic hydroxyl groups excluding tert-OH is 2. The van der Waals surface area contributed by atoms with E-state index in [9.17, 15) is 19.8 Å². The van der Waals surface area contributed by atoms with E-state index >= 15 is 0 Å². The average molecular weight is 497 g/mol. The van der Waals surface area contributed by atoms with Crippen LogP contribution in [-0.4, -0.2) is 46.4 Å². The third-order valence-corrected chi connectivity index (χ3v) is 6.59. The molecule has 0 saturated carbocycles. The maximum atomic E-state index is 13.0. The number of allylic oxidation sites excluding steroid dienone is 4. The molecule has 0 amide bonds. The zero-order valence-electron chi connectivity index (χ0n) is 21.5. The number of benzene rings is 1. The number of rotatable bonds is 10. The largest absolute Gasteiger partial charge is 0.511 e. The molecule has 3 rings (SSSR count). The van der Waals surface area contributed by atoms with Crippen LogP contribution in [0.5, 0.6) is 0 Å². The summed E-state index contributed by atoms with van der Waals surface area (Å²) in [5, 5.41) is 29.5. The van der Waals surface area contributed by atoms with Crippen LogP contribution in [0.3, 0.4) is 0 Å². The van der Waals surface area contributed by atoms with E-state index in [0.29, 0.717) is 50.3 Å². The molecule has 0 aromatic heterocycles. The van der Waals surface area contributed by atoms with Crippen molar-refractivity contribution >= 4 is 23.0 Å². The summed E-state index contributed by atoms with van der Waals surface area (Å²) in [5.74, 6) is -0.631. The van der Waals surface area contributed by atoms with Gasteiger partial charge in [0.05, 0.1) is 22.6 Å². The Kier molecular flexibility index (Phi) is 9.44. The van der Waals surface area contributed by atoms with Gasteiger partial charge in [-0.3, -0.25) is 9.59 Å². The molecule has 0 radical (unpaired) electrons. The average Bonchev–Trinajstić information content (AvgIpc) is 2.87. The lowest BCUT2D eigenvalue weighted by atomic mass is 9.77. The van der Waals surface area contributed by atoms with Crippen molar-refractivity contribution in [2.24, 2.45) is 10.3 Å². The molecule has 1 aromatic rings. The van der Waals surface area contributed by atoms with Gasteiger partial charge in [0.1, 0.15) is 24.7 Å². The lowest BCUT2D eigenvalue weighted by Crippen LogP contribution is -2.25. The molecule has 8 nitrogen and oxygen atoms in total. The number of hydrogen-bond donors (Lipinski definition) is 2. The quantitative estimate of drug-likeness (QED) is 0.312. The molecule has 0 spiro atoms. The number of carbonyl (C=O) groups is 2. The van der Waals surface area contributed by atoms with Crippen molar-refractivity contribution < 1.29 is 29.5 Å². The molecule has 2 unspecified atom stereocenters. The van der Waals surface area contributed by atoms with Gasteiger partial charge in [-0.2, -0.15) is 0 Å². The van der Waals surface area contributed by atoms with E-state index in [0.717, 1.165) is 11.1 Å². The third-order valence-electron chi connectivity index (χ3n) is 6.59. The van der Waals surface area contributed by atoms with Gasteiger partial charge in [-0.1, -0.05) is 48.4 Å². The third kappa shape index (κ3) is 6.04. The van der Waals surface area contributed by atoms with Crippen molar-refractivity contribution in [3.05, 3.63) is 58.1 Å². The van der Waals surface area contributed by atoms with Gasteiger partial charge in [0, 0.05) is 25.7 Å². The first-order valence-electron chi connectivity index (χ1n) is 12.7. The molecule has 0 aliphatic heterocycles. The highest BCUT2D eigenvalue weighted by Gasteiger charge is 2.33. The highest BCUT2D eigenvalue weighted by atomic mass is 16.6. The molecule has 8 heteroatoms. The van der Waals surface area contributed by atoms with Gasteiger partial charge in [0.15, 0.2) is 11.6 Å². The molecule has 2 aliphatic rings. The van der Waals surface area contributed by atoms with E-state index in [1.165, 1.54) is 0 Å². The van der Waals surface area contributed by atoms with Crippen LogP contribution in [0, 0.1) is 0 Å². The van der Waals surface area contributed by atoms with E-state index in [1.807, 2.05) is 52.0 Å². The van der Waals surface area contributed by atoms with Crippen LogP contribution in [-0.2, 0) is 19.3 Å². The summed E-state index contributed by atoms with van der Waals surface area (Å²) in [5.41, 5.74) is 3.29. The maximum absolute atomic E-state index is 13.0. The molecular weight excluding hydrogens is 460 g/mol. The van der Waals surface area contributed by atoms with Crippen LogP contribution >= 0.6 is 0 Å². The van der Waals surface area contributed by atoms with Gasteiger partial charge in [0.25, 0.3) is 0 Å². The van der Waals surface area contributed by atoms with Crippen molar-refractivity contribution in [3.8, 4) is 0 Å². The van der Waals surface area contributed by atoms with E-state index in [4.69, 9.17) is 9.68 Å². The summed E-state index contributed by atoms with van der Waals surface area (Å²) in [4.78, 5) is 36.2. The number of hydrogen-bond acceptors (Lipinski definition) is 8. The van der Waals surface area contributed by atoms with Crippen molar-refractivity contribution in [2.75, 3.05) is 13.2 Å². The first-order chi connectivity index (χ1) is 17.3. The number of carbonyl (C=O) groups excluding carboxylic acids is 2. The number of ketones is 2. The Hall–Kier alpha value is -3.42. The second kappa shape index (κ2) is 12.5. The van der Waals surface area contributed by atoms with Gasteiger partial charge in [-0.15, -0.1) is 0 Å². The number of aliphatic hydroxyl groups is 2.